The Balaban J connectivity index is 1.50. The largest absolute Gasteiger partial charge is 0.490 e. The van der Waals surface area contributed by atoms with Gasteiger partial charge in [-0.25, -0.2) is 0 Å². The van der Waals surface area contributed by atoms with Crippen LogP contribution in [-0.4, -0.2) is 68.9 Å². The number of ether oxygens (including phenoxy) is 4. The van der Waals surface area contributed by atoms with E-state index in [0.29, 0.717) is 61.4 Å². The third-order valence-electron chi connectivity index (χ3n) is 5.40. The van der Waals surface area contributed by atoms with Crippen LogP contribution in [0.4, 0.5) is 5.69 Å². The molecular formula is C24H25N3O6. The third-order valence-corrected chi connectivity index (χ3v) is 5.40. The average Bonchev–Trinajstić information content (AvgIpc) is 2.87. The highest BCUT2D eigenvalue weighted by Gasteiger charge is 2.36. The fourth-order valence-electron chi connectivity index (χ4n) is 3.77. The molecule has 1 atom stereocenters. The molecule has 0 aliphatic carbocycles. The van der Waals surface area contributed by atoms with E-state index in [2.05, 4.69) is 6.07 Å². The molecule has 9 heteroatoms. The molecule has 0 spiro atoms. The number of para-hydroxylation sites is 2. The molecule has 1 saturated heterocycles. The summed E-state index contributed by atoms with van der Waals surface area (Å²) in [5.74, 6) is 0.741. The van der Waals surface area contributed by atoms with Crippen LogP contribution in [0, 0.1) is 11.3 Å². The Kier molecular flexibility index (Phi) is 6.95. The molecule has 4 rings (SSSR count). The summed E-state index contributed by atoms with van der Waals surface area (Å²) in [6.45, 7) is 3.99. The van der Waals surface area contributed by atoms with Gasteiger partial charge in [0.2, 0.25) is 0 Å². The number of carbonyl (C=O) groups is 2. The first kappa shape index (κ1) is 22.4. The van der Waals surface area contributed by atoms with E-state index >= 15 is 0 Å². The number of hydrogen-bond acceptors (Lipinski definition) is 7. The second kappa shape index (κ2) is 10.2. The molecule has 2 aliphatic rings. The highest BCUT2D eigenvalue weighted by molar-refractivity contribution is 5.98. The van der Waals surface area contributed by atoms with E-state index in [9.17, 15) is 9.59 Å². The number of fused-ring (bicyclic) bond motifs is 1. The van der Waals surface area contributed by atoms with Crippen LogP contribution < -0.4 is 19.1 Å². The standard InChI is InChI=1S/C24H25N3O6/c1-2-31-21-13-17(14-25)7-8-20(21)32-16-23(28)27-15-22(24(29)26-9-11-30-12-10-26)33-19-6-4-3-5-18(19)27/h3-8,13,22H,2,9-12,15-16H2,1H3. The molecule has 0 N–H and O–H groups in total. The summed E-state index contributed by atoms with van der Waals surface area (Å²) >= 11 is 0. The van der Waals surface area contributed by atoms with E-state index in [1.165, 1.54) is 4.90 Å². The van der Waals surface area contributed by atoms with Crippen molar-refractivity contribution < 1.29 is 28.5 Å². The highest BCUT2D eigenvalue weighted by atomic mass is 16.5. The number of rotatable bonds is 6. The SMILES string of the molecule is CCOc1cc(C#N)ccc1OCC(=O)N1CC(C(=O)N2CCOCC2)Oc2ccccc21. The average molecular weight is 451 g/mol. The van der Waals surface area contributed by atoms with Crippen molar-refractivity contribution in [3.05, 3.63) is 48.0 Å². The lowest BCUT2D eigenvalue weighted by Crippen LogP contribution is -2.54. The summed E-state index contributed by atoms with van der Waals surface area (Å²) in [5.41, 5.74) is 1.02. The number of nitriles is 1. The van der Waals surface area contributed by atoms with E-state index in [1.807, 2.05) is 6.92 Å². The summed E-state index contributed by atoms with van der Waals surface area (Å²) in [6, 6.07) is 14.0. The molecule has 0 radical (unpaired) electrons. The first-order valence-corrected chi connectivity index (χ1v) is 10.8. The topological polar surface area (TPSA) is 101 Å². The molecular weight excluding hydrogens is 426 g/mol. The summed E-state index contributed by atoms with van der Waals surface area (Å²) in [7, 11) is 0. The van der Waals surface area contributed by atoms with Crippen LogP contribution in [0.3, 0.4) is 0 Å². The smallest absolute Gasteiger partial charge is 0.265 e. The van der Waals surface area contributed by atoms with Gasteiger partial charge in [-0.3, -0.25) is 9.59 Å². The second-order valence-electron chi connectivity index (χ2n) is 7.51. The zero-order valence-corrected chi connectivity index (χ0v) is 18.4. The maximum absolute atomic E-state index is 13.2. The van der Waals surface area contributed by atoms with Gasteiger partial charge in [0.05, 0.1) is 43.7 Å². The molecule has 2 aromatic rings. The zero-order valence-electron chi connectivity index (χ0n) is 18.4. The van der Waals surface area contributed by atoms with Crippen LogP contribution in [-0.2, 0) is 14.3 Å². The first-order chi connectivity index (χ1) is 16.1. The van der Waals surface area contributed by atoms with Crippen molar-refractivity contribution in [2.45, 2.75) is 13.0 Å². The van der Waals surface area contributed by atoms with Gasteiger partial charge in [0.15, 0.2) is 24.2 Å². The molecule has 0 aromatic heterocycles. The van der Waals surface area contributed by atoms with Crippen molar-refractivity contribution in [3.63, 3.8) is 0 Å². The lowest BCUT2D eigenvalue weighted by molar-refractivity contribution is -0.142. The Labute approximate surface area is 192 Å². The summed E-state index contributed by atoms with van der Waals surface area (Å²) in [5, 5.41) is 9.11. The Bertz CT molecular complexity index is 1060. The summed E-state index contributed by atoms with van der Waals surface area (Å²) < 4.78 is 22.6. The molecule has 2 aromatic carbocycles. The maximum atomic E-state index is 13.2. The van der Waals surface area contributed by atoms with Crippen molar-refractivity contribution >= 4 is 17.5 Å². The van der Waals surface area contributed by atoms with Crippen LogP contribution in [0.1, 0.15) is 12.5 Å². The molecule has 2 amide bonds. The molecule has 1 fully saturated rings. The van der Waals surface area contributed by atoms with Crippen LogP contribution in [0.2, 0.25) is 0 Å². The minimum Gasteiger partial charge on any atom is -0.490 e. The fraction of sp³-hybridized carbons (Fsp3) is 0.375. The highest BCUT2D eigenvalue weighted by Crippen LogP contribution is 2.34. The van der Waals surface area contributed by atoms with Gasteiger partial charge in [0.25, 0.3) is 11.8 Å². The number of hydrogen-bond donors (Lipinski definition) is 0. The van der Waals surface area contributed by atoms with Crippen molar-refractivity contribution in [2.75, 3.05) is 51.0 Å². The molecule has 0 bridgehead atoms. The Morgan fingerprint density at radius 2 is 1.91 bits per heavy atom. The number of benzene rings is 2. The fourth-order valence-corrected chi connectivity index (χ4v) is 3.77. The lowest BCUT2D eigenvalue weighted by Gasteiger charge is -2.37. The molecule has 0 saturated carbocycles. The second-order valence-corrected chi connectivity index (χ2v) is 7.51. The van der Waals surface area contributed by atoms with E-state index in [0.717, 1.165) is 0 Å². The third kappa shape index (κ3) is 5.02. The van der Waals surface area contributed by atoms with Crippen LogP contribution in [0.5, 0.6) is 17.2 Å². The number of carbonyl (C=O) groups excluding carboxylic acids is 2. The van der Waals surface area contributed by atoms with Crippen LogP contribution in [0.25, 0.3) is 0 Å². The Hall–Kier alpha value is -3.77. The van der Waals surface area contributed by atoms with E-state index < -0.39 is 6.10 Å². The Morgan fingerprint density at radius 3 is 2.67 bits per heavy atom. The molecule has 1 unspecified atom stereocenters. The predicted octanol–water partition coefficient (Wildman–Crippen LogP) is 1.99. The zero-order chi connectivity index (χ0) is 23.2. The van der Waals surface area contributed by atoms with Crippen LogP contribution in [0.15, 0.2) is 42.5 Å². The molecule has 9 nitrogen and oxygen atoms in total. The predicted molar refractivity (Wildman–Crippen MR) is 118 cm³/mol. The van der Waals surface area contributed by atoms with Crippen molar-refractivity contribution in [1.82, 2.24) is 4.90 Å². The quantitative estimate of drug-likeness (QED) is 0.662. The van der Waals surface area contributed by atoms with E-state index in [-0.39, 0.29) is 25.0 Å². The monoisotopic (exact) mass is 451 g/mol. The number of amides is 2. The van der Waals surface area contributed by atoms with Gasteiger partial charge in [-0.2, -0.15) is 5.26 Å². The minimum atomic E-state index is -0.809. The van der Waals surface area contributed by atoms with Gasteiger partial charge in [0.1, 0.15) is 5.75 Å². The van der Waals surface area contributed by atoms with Gasteiger partial charge < -0.3 is 28.7 Å². The minimum absolute atomic E-state index is 0.0844. The van der Waals surface area contributed by atoms with E-state index in [4.69, 9.17) is 24.2 Å². The molecule has 2 aliphatic heterocycles. The van der Waals surface area contributed by atoms with E-state index in [1.54, 1.807) is 47.4 Å². The summed E-state index contributed by atoms with van der Waals surface area (Å²) in [4.78, 5) is 29.4. The van der Waals surface area contributed by atoms with Crippen LogP contribution >= 0.6 is 0 Å². The Morgan fingerprint density at radius 1 is 1.12 bits per heavy atom. The van der Waals surface area contributed by atoms with Gasteiger partial charge in [-0.05, 0) is 31.2 Å². The molecule has 2 heterocycles. The molecule has 33 heavy (non-hydrogen) atoms. The van der Waals surface area contributed by atoms with Gasteiger partial charge in [-0.15, -0.1) is 0 Å². The van der Waals surface area contributed by atoms with Gasteiger partial charge >= 0.3 is 0 Å². The van der Waals surface area contributed by atoms with Crippen molar-refractivity contribution in [2.24, 2.45) is 0 Å². The van der Waals surface area contributed by atoms with Crippen molar-refractivity contribution in [1.29, 1.82) is 5.26 Å². The number of morpholine rings is 1. The maximum Gasteiger partial charge on any atom is 0.265 e. The van der Waals surface area contributed by atoms with Gasteiger partial charge in [0, 0.05) is 19.2 Å². The summed E-state index contributed by atoms with van der Waals surface area (Å²) in [6.07, 6.45) is -0.809. The lowest BCUT2D eigenvalue weighted by atomic mass is 10.1. The molecule has 172 valence electrons. The first-order valence-electron chi connectivity index (χ1n) is 10.8. The number of nitrogens with zero attached hydrogens (tertiary/aromatic N) is 3. The normalized spacial score (nSPS) is 17.4. The number of anilines is 1. The van der Waals surface area contributed by atoms with Crippen molar-refractivity contribution in [3.8, 4) is 23.3 Å². The van der Waals surface area contributed by atoms with Gasteiger partial charge in [-0.1, -0.05) is 12.1 Å².